The number of morpholine rings is 1. The predicted octanol–water partition coefficient (Wildman–Crippen LogP) is 2.42. The van der Waals surface area contributed by atoms with Crippen LogP contribution >= 0.6 is 23.4 Å². The zero-order chi connectivity index (χ0) is 20.5. The Kier molecular flexibility index (Phi) is 9.58. The third-order valence-corrected chi connectivity index (χ3v) is 5.55. The molecule has 1 aliphatic rings. The first-order chi connectivity index (χ1) is 13.4. The lowest BCUT2D eigenvalue weighted by molar-refractivity contribution is -0.123. The molecule has 3 unspecified atom stereocenters. The van der Waals surface area contributed by atoms with E-state index in [1.54, 1.807) is 36.0 Å². The first-order valence-electron chi connectivity index (χ1n) is 9.60. The fourth-order valence-corrected chi connectivity index (χ4v) is 4.01. The lowest BCUT2D eigenvalue weighted by atomic mass is 10.1. The molecule has 2 N–H and O–H groups in total. The molecule has 156 valence electrons. The molecule has 1 aliphatic heterocycles. The van der Waals surface area contributed by atoms with Gasteiger partial charge in [0.25, 0.3) is 5.91 Å². The van der Waals surface area contributed by atoms with Crippen LogP contribution in [0.5, 0.6) is 0 Å². The van der Waals surface area contributed by atoms with Gasteiger partial charge in [0.1, 0.15) is 6.04 Å². The largest absolute Gasteiger partial charge is 0.373 e. The number of ether oxygens (including phenoxy) is 1. The van der Waals surface area contributed by atoms with E-state index in [9.17, 15) is 9.59 Å². The van der Waals surface area contributed by atoms with Crippen LogP contribution in [0, 0.1) is 0 Å². The quantitative estimate of drug-likeness (QED) is 0.633. The maximum Gasteiger partial charge on any atom is 0.253 e. The second-order valence-corrected chi connectivity index (χ2v) is 8.49. The summed E-state index contributed by atoms with van der Waals surface area (Å²) in [6.45, 7) is 7.14. The highest BCUT2D eigenvalue weighted by Crippen LogP contribution is 2.15. The van der Waals surface area contributed by atoms with Crippen LogP contribution in [-0.4, -0.2) is 73.2 Å². The van der Waals surface area contributed by atoms with Crippen molar-refractivity contribution < 1.29 is 14.3 Å². The molecule has 0 saturated carbocycles. The van der Waals surface area contributed by atoms with Gasteiger partial charge in [0.15, 0.2) is 0 Å². The minimum atomic E-state index is -0.584. The van der Waals surface area contributed by atoms with Crippen molar-refractivity contribution in [3.05, 3.63) is 34.9 Å². The van der Waals surface area contributed by atoms with E-state index in [-0.39, 0.29) is 24.0 Å². The second-order valence-electron chi connectivity index (χ2n) is 7.10. The van der Waals surface area contributed by atoms with Gasteiger partial charge < -0.3 is 15.4 Å². The Morgan fingerprint density at radius 1 is 1.29 bits per heavy atom. The fourth-order valence-electron chi connectivity index (χ4n) is 3.31. The summed E-state index contributed by atoms with van der Waals surface area (Å²) in [5.41, 5.74) is 0.377. The van der Waals surface area contributed by atoms with Gasteiger partial charge in [0.05, 0.1) is 22.8 Å². The van der Waals surface area contributed by atoms with Crippen LogP contribution in [0.25, 0.3) is 0 Å². The third-order valence-electron chi connectivity index (χ3n) is 4.57. The molecule has 1 aromatic carbocycles. The van der Waals surface area contributed by atoms with E-state index < -0.39 is 6.04 Å². The molecule has 1 saturated heterocycles. The number of nitrogens with one attached hydrogen (secondary N) is 2. The van der Waals surface area contributed by atoms with E-state index in [1.807, 2.05) is 6.26 Å². The summed E-state index contributed by atoms with van der Waals surface area (Å²) >= 11 is 7.74. The van der Waals surface area contributed by atoms with Crippen LogP contribution in [0.2, 0.25) is 5.02 Å². The van der Waals surface area contributed by atoms with Gasteiger partial charge in [-0.15, -0.1) is 0 Å². The summed E-state index contributed by atoms with van der Waals surface area (Å²) in [6, 6.07) is 6.25. The topological polar surface area (TPSA) is 70.7 Å². The minimum absolute atomic E-state index is 0.163. The maximum absolute atomic E-state index is 12.7. The molecule has 8 heteroatoms. The number of hydrogen-bond acceptors (Lipinski definition) is 5. The molecule has 2 rings (SSSR count). The Morgan fingerprint density at radius 2 is 1.96 bits per heavy atom. The lowest BCUT2D eigenvalue weighted by Crippen LogP contribution is -2.51. The smallest absolute Gasteiger partial charge is 0.253 e. The molecule has 1 heterocycles. The Morgan fingerprint density at radius 3 is 2.61 bits per heavy atom. The highest BCUT2D eigenvalue weighted by Gasteiger charge is 2.24. The van der Waals surface area contributed by atoms with Gasteiger partial charge in [-0.3, -0.25) is 14.5 Å². The molecule has 28 heavy (non-hydrogen) atoms. The number of carbonyl (C=O) groups is 2. The van der Waals surface area contributed by atoms with Gasteiger partial charge in [-0.05, 0) is 44.4 Å². The van der Waals surface area contributed by atoms with Crippen LogP contribution < -0.4 is 10.6 Å². The Labute approximate surface area is 176 Å². The summed E-state index contributed by atoms with van der Waals surface area (Å²) in [4.78, 5) is 27.5. The number of carbonyl (C=O) groups excluding carboxylic acids is 2. The number of amides is 2. The summed E-state index contributed by atoms with van der Waals surface area (Å²) in [6.07, 6.45) is 2.94. The predicted molar refractivity (Wildman–Crippen MR) is 115 cm³/mol. The molecule has 1 fully saturated rings. The summed E-state index contributed by atoms with van der Waals surface area (Å²) in [7, 11) is 0. The number of halogens is 1. The van der Waals surface area contributed by atoms with Crippen molar-refractivity contribution in [1.82, 2.24) is 15.5 Å². The van der Waals surface area contributed by atoms with Crippen LogP contribution in [0.1, 0.15) is 30.6 Å². The fraction of sp³-hybridized carbons (Fsp3) is 0.600. The van der Waals surface area contributed by atoms with Crippen molar-refractivity contribution in [1.29, 1.82) is 0 Å². The van der Waals surface area contributed by atoms with E-state index in [4.69, 9.17) is 16.3 Å². The minimum Gasteiger partial charge on any atom is -0.373 e. The molecule has 0 spiro atoms. The van der Waals surface area contributed by atoms with Gasteiger partial charge >= 0.3 is 0 Å². The first-order valence-corrected chi connectivity index (χ1v) is 11.4. The average Bonchev–Trinajstić information content (AvgIpc) is 2.64. The Bertz CT molecular complexity index is 651. The lowest BCUT2D eigenvalue weighted by Gasteiger charge is -2.35. The molecule has 0 aromatic heterocycles. The molecule has 6 nitrogen and oxygen atoms in total. The van der Waals surface area contributed by atoms with Crippen molar-refractivity contribution >= 4 is 35.2 Å². The first kappa shape index (κ1) is 23.0. The summed E-state index contributed by atoms with van der Waals surface area (Å²) in [5, 5.41) is 6.17. The highest BCUT2D eigenvalue weighted by molar-refractivity contribution is 7.98. The molecule has 0 bridgehead atoms. The van der Waals surface area contributed by atoms with E-state index >= 15 is 0 Å². The molecule has 0 aliphatic carbocycles. The summed E-state index contributed by atoms with van der Waals surface area (Å²) < 4.78 is 5.73. The van der Waals surface area contributed by atoms with Gasteiger partial charge in [-0.2, -0.15) is 11.8 Å². The zero-order valence-corrected chi connectivity index (χ0v) is 18.3. The molecule has 2 amide bonds. The Balaban J connectivity index is 1.88. The molecule has 3 atom stereocenters. The van der Waals surface area contributed by atoms with E-state index in [1.165, 1.54) is 0 Å². The highest BCUT2D eigenvalue weighted by atomic mass is 35.5. The number of thioether (sulfide) groups is 1. The molecular weight excluding hydrogens is 398 g/mol. The standard InChI is InChI=1S/C20H30ClN3O3S/c1-14-12-24(13-15(2)27-14)10-9-22-20(26)18(8-11-28-3)23-19(25)16-6-4-5-7-17(16)21/h4-7,14-15,18H,8-13H2,1-3H3,(H,22,26)(H,23,25). The second kappa shape index (κ2) is 11.7. The normalized spacial score (nSPS) is 21.1. The number of rotatable bonds is 9. The van der Waals surface area contributed by atoms with E-state index in [0.29, 0.717) is 23.6 Å². The monoisotopic (exact) mass is 427 g/mol. The maximum atomic E-state index is 12.7. The third kappa shape index (κ3) is 7.28. The van der Waals surface area contributed by atoms with Crippen molar-refractivity contribution in [2.24, 2.45) is 0 Å². The van der Waals surface area contributed by atoms with E-state index in [2.05, 4.69) is 29.4 Å². The van der Waals surface area contributed by atoms with Gasteiger partial charge in [0, 0.05) is 26.2 Å². The van der Waals surface area contributed by atoms with Gasteiger partial charge in [-0.25, -0.2) is 0 Å². The summed E-state index contributed by atoms with van der Waals surface area (Å²) in [5.74, 6) is 0.283. The van der Waals surface area contributed by atoms with Crippen molar-refractivity contribution in [2.45, 2.75) is 38.5 Å². The van der Waals surface area contributed by atoms with Gasteiger partial charge in [0.2, 0.25) is 5.91 Å². The molecule has 0 radical (unpaired) electrons. The number of nitrogens with zero attached hydrogens (tertiary/aromatic N) is 1. The van der Waals surface area contributed by atoms with Crippen LogP contribution in [-0.2, 0) is 9.53 Å². The molecular formula is C20H30ClN3O3S. The van der Waals surface area contributed by atoms with Crippen molar-refractivity contribution in [3.8, 4) is 0 Å². The van der Waals surface area contributed by atoms with E-state index in [0.717, 1.165) is 25.4 Å². The number of hydrogen-bond donors (Lipinski definition) is 2. The Hall–Kier alpha value is -1.28. The number of benzene rings is 1. The molecule has 1 aromatic rings. The zero-order valence-electron chi connectivity index (χ0n) is 16.7. The van der Waals surface area contributed by atoms with Crippen LogP contribution in [0.4, 0.5) is 0 Å². The van der Waals surface area contributed by atoms with Crippen molar-refractivity contribution in [3.63, 3.8) is 0 Å². The van der Waals surface area contributed by atoms with Gasteiger partial charge in [-0.1, -0.05) is 23.7 Å². The van der Waals surface area contributed by atoms with Crippen LogP contribution in [0.15, 0.2) is 24.3 Å². The van der Waals surface area contributed by atoms with Crippen LogP contribution in [0.3, 0.4) is 0 Å². The SMILES string of the molecule is CSCCC(NC(=O)c1ccccc1Cl)C(=O)NCCN1CC(C)OC(C)C1. The van der Waals surface area contributed by atoms with Crippen molar-refractivity contribution in [2.75, 3.05) is 38.2 Å². The average molecular weight is 428 g/mol.